The van der Waals surface area contributed by atoms with Gasteiger partial charge in [0.25, 0.3) is 0 Å². The molecule has 2 aromatic carbocycles. The predicted molar refractivity (Wildman–Crippen MR) is 169 cm³/mol. The first-order chi connectivity index (χ1) is 21.4. The maximum Gasteiger partial charge on any atom is 0.306 e. The van der Waals surface area contributed by atoms with Crippen molar-refractivity contribution in [2.24, 2.45) is 11.8 Å². The SMILES string of the molecule is Nc1ncccc1-c1nc2ccc(-c3ccccc3F)nc2n1-c1ccc([C@H]2CCN(CC3CCC(C(=O)O)CC3)C2)cc1. The fraction of sp³-hybridized carbons (Fsp3) is 0.314. The lowest BCUT2D eigenvalue weighted by Gasteiger charge is -2.29. The van der Waals surface area contributed by atoms with Gasteiger partial charge in [0.2, 0.25) is 0 Å². The van der Waals surface area contributed by atoms with Gasteiger partial charge >= 0.3 is 5.97 Å². The number of rotatable bonds is 7. The van der Waals surface area contributed by atoms with Gasteiger partial charge in [-0.25, -0.2) is 19.3 Å². The number of hydrogen-bond acceptors (Lipinski definition) is 6. The van der Waals surface area contributed by atoms with Gasteiger partial charge in [-0.1, -0.05) is 24.3 Å². The molecule has 44 heavy (non-hydrogen) atoms. The number of pyridine rings is 2. The molecule has 5 aromatic rings. The molecule has 1 aliphatic heterocycles. The van der Waals surface area contributed by atoms with E-state index in [9.17, 15) is 14.3 Å². The molecule has 4 heterocycles. The molecule has 1 saturated carbocycles. The molecular weight excluding hydrogens is 555 g/mol. The van der Waals surface area contributed by atoms with Gasteiger partial charge in [-0.3, -0.25) is 9.36 Å². The Kier molecular flexibility index (Phi) is 7.56. The maximum absolute atomic E-state index is 14.7. The van der Waals surface area contributed by atoms with E-state index in [4.69, 9.17) is 15.7 Å². The van der Waals surface area contributed by atoms with Gasteiger partial charge < -0.3 is 15.7 Å². The van der Waals surface area contributed by atoms with E-state index in [-0.39, 0.29) is 11.7 Å². The molecule has 0 spiro atoms. The Labute approximate surface area is 255 Å². The van der Waals surface area contributed by atoms with Crippen LogP contribution in [-0.4, -0.2) is 55.1 Å². The minimum Gasteiger partial charge on any atom is -0.481 e. The van der Waals surface area contributed by atoms with Crippen LogP contribution in [0.1, 0.15) is 43.6 Å². The molecule has 1 aliphatic carbocycles. The topological polar surface area (TPSA) is 110 Å². The van der Waals surface area contributed by atoms with Crippen LogP contribution in [0, 0.1) is 17.7 Å². The average molecular weight is 591 g/mol. The van der Waals surface area contributed by atoms with Crippen molar-refractivity contribution in [3.8, 4) is 28.3 Å². The van der Waals surface area contributed by atoms with Crippen molar-refractivity contribution in [2.45, 2.75) is 38.0 Å². The van der Waals surface area contributed by atoms with Gasteiger partial charge in [0.15, 0.2) is 11.5 Å². The summed E-state index contributed by atoms with van der Waals surface area (Å²) in [5.74, 6) is 0.887. The standard InChI is InChI=1S/C35H35FN6O2/c36-29-6-2-1-4-27(29)30-15-16-31-34(39-30)42(33(40-31)28-5-3-18-38-32(28)37)26-13-11-23(12-14-26)25-17-19-41(21-25)20-22-7-9-24(10-8-22)35(43)44/h1-6,11-16,18,22,24-25H,7-10,17,19-21H2,(H2,37,38)(H,43,44)/t22?,24?,25-/m0/s1. The summed E-state index contributed by atoms with van der Waals surface area (Å²) in [4.78, 5) is 28.0. The summed E-state index contributed by atoms with van der Waals surface area (Å²) in [5, 5.41) is 9.32. The van der Waals surface area contributed by atoms with Crippen LogP contribution in [0.2, 0.25) is 0 Å². The lowest BCUT2D eigenvalue weighted by atomic mass is 9.82. The van der Waals surface area contributed by atoms with Crippen molar-refractivity contribution >= 4 is 23.0 Å². The Balaban J connectivity index is 1.17. The Bertz CT molecular complexity index is 1810. The zero-order valence-electron chi connectivity index (χ0n) is 24.4. The first-order valence-electron chi connectivity index (χ1n) is 15.4. The van der Waals surface area contributed by atoms with E-state index in [2.05, 4.69) is 34.1 Å². The van der Waals surface area contributed by atoms with E-state index in [1.54, 1.807) is 30.5 Å². The average Bonchev–Trinajstić information content (AvgIpc) is 3.66. The number of aromatic nitrogens is 4. The van der Waals surface area contributed by atoms with Crippen LogP contribution in [0.15, 0.2) is 79.0 Å². The number of benzene rings is 2. The van der Waals surface area contributed by atoms with E-state index in [1.807, 2.05) is 22.8 Å². The van der Waals surface area contributed by atoms with E-state index in [0.29, 0.717) is 51.5 Å². The summed E-state index contributed by atoms with van der Waals surface area (Å²) in [6.45, 7) is 3.12. The number of nitrogens with zero attached hydrogens (tertiary/aromatic N) is 5. The third-order valence-corrected chi connectivity index (χ3v) is 9.34. The second kappa shape index (κ2) is 11.8. The van der Waals surface area contributed by atoms with Crippen molar-refractivity contribution in [1.82, 2.24) is 24.4 Å². The van der Waals surface area contributed by atoms with Crippen molar-refractivity contribution in [2.75, 3.05) is 25.4 Å². The monoisotopic (exact) mass is 590 g/mol. The van der Waals surface area contributed by atoms with Crippen LogP contribution in [0.3, 0.4) is 0 Å². The highest BCUT2D eigenvalue weighted by atomic mass is 19.1. The lowest BCUT2D eigenvalue weighted by molar-refractivity contribution is -0.143. The highest BCUT2D eigenvalue weighted by Crippen LogP contribution is 2.35. The number of halogens is 1. The molecule has 0 unspecified atom stereocenters. The molecule has 9 heteroatoms. The largest absolute Gasteiger partial charge is 0.481 e. The van der Waals surface area contributed by atoms with E-state index < -0.39 is 5.97 Å². The molecule has 3 aromatic heterocycles. The number of hydrogen-bond donors (Lipinski definition) is 2. The molecule has 224 valence electrons. The molecule has 7 rings (SSSR count). The van der Waals surface area contributed by atoms with Gasteiger partial charge in [-0.05, 0) is 105 Å². The summed E-state index contributed by atoms with van der Waals surface area (Å²) < 4.78 is 16.7. The van der Waals surface area contributed by atoms with Gasteiger partial charge in [0, 0.05) is 30.5 Å². The number of carboxylic acid groups (broad SMARTS) is 1. The normalized spacial score (nSPS) is 20.7. The van der Waals surface area contributed by atoms with Crippen molar-refractivity contribution < 1.29 is 14.3 Å². The molecule has 3 N–H and O–H groups in total. The smallest absolute Gasteiger partial charge is 0.306 e. The molecule has 1 saturated heterocycles. The zero-order chi connectivity index (χ0) is 30.2. The van der Waals surface area contributed by atoms with Crippen LogP contribution in [-0.2, 0) is 4.79 Å². The van der Waals surface area contributed by atoms with Gasteiger partial charge in [-0.15, -0.1) is 0 Å². The van der Waals surface area contributed by atoms with E-state index in [1.165, 1.54) is 11.6 Å². The number of aliphatic carboxylic acids is 1. The second-order valence-corrected chi connectivity index (χ2v) is 12.1. The summed E-state index contributed by atoms with van der Waals surface area (Å²) >= 11 is 0. The van der Waals surface area contributed by atoms with Crippen LogP contribution < -0.4 is 5.73 Å². The van der Waals surface area contributed by atoms with Gasteiger partial charge in [0.05, 0.1) is 17.2 Å². The molecule has 0 amide bonds. The zero-order valence-corrected chi connectivity index (χ0v) is 24.4. The van der Waals surface area contributed by atoms with Crippen LogP contribution >= 0.6 is 0 Å². The first kappa shape index (κ1) is 28.2. The Hall–Kier alpha value is -4.63. The number of carbonyl (C=O) groups is 1. The number of anilines is 1. The van der Waals surface area contributed by atoms with Crippen LogP contribution in [0.25, 0.3) is 39.5 Å². The predicted octanol–water partition coefficient (Wildman–Crippen LogP) is 6.55. The van der Waals surface area contributed by atoms with Crippen molar-refractivity contribution in [1.29, 1.82) is 0 Å². The van der Waals surface area contributed by atoms with E-state index >= 15 is 0 Å². The Morgan fingerprint density at radius 1 is 0.909 bits per heavy atom. The highest BCUT2D eigenvalue weighted by Gasteiger charge is 2.30. The van der Waals surface area contributed by atoms with E-state index in [0.717, 1.165) is 57.4 Å². The van der Waals surface area contributed by atoms with Gasteiger partial charge in [0.1, 0.15) is 17.2 Å². The van der Waals surface area contributed by atoms with Crippen molar-refractivity contribution in [3.05, 3.63) is 90.4 Å². The molecular formula is C35H35FN6O2. The third-order valence-electron chi connectivity index (χ3n) is 9.34. The number of nitrogens with two attached hydrogens (primary N) is 1. The van der Waals surface area contributed by atoms with Gasteiger partial charge in [-0.2, -0.15) is 0 Å². The minimum absolute atomic E-state index is 0.167. The fourth-order valence-corrected chi connectivity index (χ4v) is 6.93. The summed E-state index contributed by atoms with van der Waals surface area (Å²) in [7, 11) is 0. The summed E-state index contributed by atoms with van der Waals surface area (Å²) in [6.07, 6.45) is 6.35. The quantitative estimate of drug-likeness (QED) is 0.221. The third kappa shape index (κ3) is 5.43. The second-order valence-electron chi connectivity index (χ2n) is 12.1. The summed E-state index contributed by atoms with van der Waals surface area (Å²) in [5.41, 5.74) is 11.4. The highest BCUT2D eigenvalue weighted by molar-refractivity contribution is 5.84. The number of carboxylic acids is 1. The summed E-state index contributed by atoms with van der Waals surface area (Å²) in [6, 6.07) is 22.6. The molecule has 0 radical (unpaired) electrons. The first-order valence-corrected chi connectivity index (χ1v) is 15.4. The molecule has 2 fully saturated rings. The molecule has 2 aliphatic rings. The fourth-order valence-electron chi connectivity index (χ4n) is 6.93. The molecule has 8 nitrogen and oxygen atoms in total. The number of nitrogen functional groups attached to an aromatic ring is 1. The molecule has 0 bridgehead atoms. The van der Waals surface area contributed by atoms with Crippen LogP contribution in [0.5, 0.6) is 0 Å². The number of imidazole rings is 1. The lowest BCUT2D eigenvalue weighted by Crippen LogP contribution is -2.31. The van der Waals surface area contributed by atoms with Crippen molar-refractivity contribution in [3.63, 3.8) is 0 Å². The minimum atomic E-state index is -0.644. The number of fused-ring (bicyclic) bond motifs is 1. The maximum atomic E-state index is 14.7. The Morgan fingerprint density at radius 3 is 2.43 bits per heavy atom. The van der Waals surface area contributed by atoms with Crippen LogP contribution in [0.4, 0.5) is 10.2 Å². The Morgan fingerprint density at radius 2 is 1.68 bits per heavy atom. The number of likely N-dealkylation sites (tertiary alicyclic amines) is 1. The molecule has 1 atom stereocenters.